The number of nitrogens with zero attached hydrogens (tertiary/aromatic N) is 4. The number of alkyl halides is 4. The molecular formula is C17H16ClF4N5O2. The average molecular weight is 434 g/mol. The second-order valence-electron chi connectivity index (χ2n) is 6.21. The molecule has 3 heterocycles. The Morgan fingerprint density at radius 2 is 1.97 bits per heavy atom. The topological polar surface area (TPSA) is 77.9 Å². The molecule has 1 N–H and O–H groups in total. The molecule has 0 aliphatic heterocycles. The summed E-state index contributed by atoms with van der Waals surface area (Å²) in [5, 5.41) is 9.49. The Labute approximate surface area is 167 Å². The van der Waals surface area contributed by atoms with Crippen molar-refractivity contribution < 1.29 is 26.8 Å². The van der Waals surface area contributed by atoms with Gasteiger partial charge in [0.1, 0.15) is 17.1 Å². The van der Waals surface area contributed by atoms with Gasteiger partial charge >= 0.3 is 0 Å². The smallest absolute Gasteiger partial charge is 0.287 e. The lowest BCUT2D eigenvalue weighted by Crippen LogP contribution is -2.22. The van der Waals surface area contributed by atoms with Crippen molar-refractivity contribution in [1.82, 2.24) is 24.9 Å². The van der Waals surface area contributed by atoms with E-state index in [-0.39, 0.29) is 24.6 Å². The van der Waals surface area contributed by atoms with E-state index >= 15 is 0 Å². The van der Waals surface area contributed by atoms with Gasteiger partial charge in [-0.05, 0) is 19.1 Å². The third-order valence-corrected chi connectivity index (χ3v) is 4.50. The summed E-state index contributed by atoms with van der Waals surface area (Å²) in [6.07, 6.45) is -4.45. The zero-order valence-corrected chi connectivity index (χ0v) is 16.1. The van der Waals surface area contributed by atoms with Crippen molar-refractivity contribution in [3.05, 3.63) is 57.5 Å². The fraction of sp³-hybridized carbons (Fsp3) is 0.353. The van der Waals surface area contributed by atoms with Crippen LogP contribution in [0.5, 0.6) is 0 Å². The number of nitrogens with one attached hydrogen (secondary N) is 1. The maximum Gasteiger partial charge on any atom is 0.287 e. The van der Waals surface area contributed by atoms with E-state index in [2.05, 4.69) is 15.5 Å². The van der Waals surface area contributed by atoms with E-state index in [1.807, 2.05) is 0 Å². The number of amides is 1. The quantitative estimate of drug-likeness (QED) is 0.571. The Morgan fingerprint density at radius 1 is 1.24 bits per heavy atom. The summed E-state index contributed by atoms with van der Waals surface area (Å²) in [7, 11) is 1.76. The van der Waals surface area contributed by atoms with E-state index in [4.69, 9.17) is 16.0 Å². The Kier molecular flexibility index (Phi) is 5.96. The van der Waals surface area contributed by atoms with E-state index < -0.39 is 35.2 Å². The van der Waals surface area contributed by atoms with E-state index in [9.17, 15) is 22.4 Å². The number of carbonyl (C=O) groups is 1. The van der Waals surface area contributed by atoms with Gasteiger partial charge in [-0.3, -0.25) is 14.2 Å². The van der Waals surface area contributed by atoms with Crippen molar-refractivity contribution in [3.8, 4) is 0 Å². The van der Waals surface area contributed by atoms with Crippen LogP contribution in [0.3, 0.4) is 0 Å². The van der Waals surface area contributed by atoms with Crippen LogP contribution in [0.25, 0.3) is 0 Å². The van der Waals surface area contributed by atoms with Gasteiger partial charge in [0.15, 0.2) is 5.76 Å². The number of rotatable bonds is 7. The van der Waals surface area contributed by atoms with Crippen LogP contribution in [-0.2, 0) is 20.1 Å². The Morgan fingerprint density at radius 3 is 2.55 bits per heavy atom. The molecule has 0 unspecified atom stereocenters. The molecule has 0 aromatic carbocycles. The van der Waals surface area contributed by atoms with Crippen molar-refractivity contribution in [1.29, 1.82) is 0 Å². The van der Waals surface area contributed by atoms with Crippen LogP contribution in [0.1, 0.15) is 51.8 Å². The highest BCUT2D eigenvalue weighted by molar-refractivity contribution is 6.32. The summed E-state index contributed by atoms with van der Waals surface area (Å²) in [6, 6.07) is 2.72. The van der Waals surface area contributed by atoms with Gasteiger partial charge in [0.05, 0.1) is 17.3 Å². The molecule has 29 heavy (non-hydrogen) atoms. The second-order valence-corrected chi connectivity index (χ2v) is 6.58. The number of hydrogen-bond acceptors (Lipinski definition) is 4. The minimum atomic E-state index is -3.11. The molecule has 3 aromatic rings. The third kappa shape index (κ3) is 4.44. The zero-order chi connectivity index (χ0) is 21.3. The number of carbonyl (C=O) groups excluding carboxylic acids is 1. The number of hydrogen-bond donors (Lipinski definition) is 1. The average Bonchev–Trinajstić information content (AvgIpc) is 3.31. The summed E-state index contributed by atoms with van der Waals surface area (Å²) >= 11 is 5.61. The molecule has 12 heteroatoms. The fourth-order valence-electron chi connectivity index (χ4n) is 2.76. The highest BCUT2D eigenvalue weighted by Gasteiger charge is 2.28. The van der Waals surface area contributed by atoms with Gasteiger partial charge < -0.3 is 9.73 Å². The van der Waals surface area contributed by atoms with Gasteiger partial charge in [0.25, 0.3) is 18.8 Å². The largest absolute Gasteiger partial charge is 0.454 e. The van der Waals surface area contributed by atoms with E-state index in [1.54, 1.807) is 24.9 Å². The van der Waals surface area contributed by atoms with Crippen LogP contribution < -0.4 is 5.32 Å². The fourth-order valence-corrected chi connectivity index (χ4v) is 3.06. The number of furan rings is 1. The highest BCUT2D eigenvalue weighted by Crippen LogP contribution is 2.35. The maximum atomic E-state index is 13.2. The van der Waals surface area contributed by atoms with Crippen LogP contribution in [0.4, 0.5) is 17.6 Å². The van der Waals surface area contributed by atoms with Gasteiger partial charge in [-0.25, -0.2) is 17.6 Å². The van der Waals surface area contributed by atoms with Crippen LogP contribution in [0, 0.1) is 6.92 Å². The predicted octanol–water partition coefficient (Wildman–Crippen LogP) is 4.02. The molecular weight excluding hydrogens is 418 g/mol. The molecule has 0 aliphatic carbocycles. The molecule has 3 aromatic heterocycles. The van der Waals surface area contributed by atoms with E-state index in [1.165, 1.54) is 12.1 Å². The lowest BCUT2D eigenvalue weighted by atomic mass is 10.2. The van der Waals surface area contributed by atoms with Gasteiger partial charge in [-0.2, -0.15) is 10.2 Å². The van der Waals surface area contributed by atoms with Crippen molar-refractivity contribution in [2.75, 3.05) is 0 Å². The van der Waals surface area contributed by atoms with E-state index in [0.717, 1.165) is 11.3 Å². The molecule has 0 bridgehead atoms. The highest BCUT2D eigenvalue weighted by atomic mass is 35.5. The molecule has 0 fully saturated rings. The number of halogens is 5. The number of aryl methyl sites for hydroxylation is 2. The minimum Gasteiger partial charge on any atom is -0.454 e. The molecule has 0 saturated carbocycles. The first-order chi connectivity index (χ1) is 13.7. The standard InChI is InChI=1S/C17H16ClF4N5O2/c1-8-9(6-26(2)24-8)5-23-17(28)11-4-3-10(29-11)7-27-14(16(21)22)12(18)13(25-27)15(19)20/h3-4,6,15-16H,5,7H2,1-2H3,(H,23,28). The van der Waals surface area contributed by atoms with Gasteiger partial charge in [0.2, 0.25) is 0 Å². The molecule has 0 saturated heterocycles. The van der Waals surface area contributed by atoms with Gasteiger partial charge in [-0.1, -0.05) is 11.6 Å². The van der Waals surface area contributed by atoms with Crippen LogP contribution >= 0.6 is 11.6 Å². The van der Waals surface area contributed by atoms with Crippen molar-refractivity contribution in [2.45, 2.75) is 32.9 Å². The summed E-state index contributed by atoms with van der Waals surface area (Å²) < 4.78 is 59.8. The Bertz CT molecular complexity index is 1030. The predicted molar refractivity (Wildman–Crippen MR) is 94.1 cm³/mol. The maximum absolute atomic E-state index is 13.2. The van der Waals surface area contributed by atoms with Crippen molar-refractivity contribution >= 4 is 17.5 Å². The first-order valence-corrected chi connectivity index (χ1v) is 8.73. The lowest BCUT2D eigenvalue weighted by molar-refractivity contribution is 0.0920. The molecule has 7 nitrogen and oxygen atoms in total. The molecule has 0 spiro atoms. The molecule has 1 amide bonds. The van der Waals surface area contributed by atoms with E-state index in [0.29, 0.717) is 4.68 Å². The summed E-state index contributed by atoms with van der Waals surface area (Å²) in [4.78, 5) is 12.2. The normalized spacial score (nSPS) is 11.6. The lowest BCUT2D eigenvalue weighted by Gasteiger charge is -2.05. The molecule has 3 rings (SSSR count). The summed E-state index contributed by atoms with van der Waals surface area (Å²) in [5.74, 6) is -0.512. The summed E-state index contributed by atoms with van der Waals surface area (Å²) in [6.45, 7) is 1.63. The monoisotopic (exact) mass is 433 g/mol. The third-order valence-electron chi connectivity index (χ3n) is 4.12. The first-order valence-electron chi connectivity index (χ1n) is 8.35. The molecule has 0 aliphatic rings. The van der Waals surface area contributed by atoms with Crippen LogP contribution in [0.2, 0.25) is 5.02 Å². The Balaban J connectivity index is 1.72. The zero-order valence-electron chi connectivity index (χ0n) is 15.3. The number of aromatic nitrogens is 4. The molecule has 0 radical (unpaired) electrons. The Hall–Kier alpha value is -2.82. The van der Waals surface area contributed by atoms with Crippen LogP contribution in [0.15, 0.2) is 22.7 Å². The molecule has 0 atom stereocenters. The van der Waals surface area contributed by atoms with Crippen molar-refractivity contribution in [3.63, 3.8) is 0 Å². The first kappa shape index (κ1) is 20.9. The van der Waals surface area contributed by atoms with Crippen LogP contribution in [-0.4, -0.2) is 25.5 Å². The summed E-state index contributed by atoms with van der Waals surface area (Å²) in [5.41, 5.74) is -0.187. The SMILES string of the molecule is Cc1nn(C)cc1CNC(=O)c1ccc(Cn2nc(C(F)F)c(Cl)c2C(F)F)o1. The van der Waals surface area contributed by atoms with Gasteiger partial charge in [-0.15, -0.1) is 0 Å². The van der Waals surface area contributed by atoms with Crippen molar-refractivity contribution in [2.24, 2.45) is 7.05 Å². The van der Waals surface area contributed by atoms with Gasteiger partial charge in [0, 0.05) is 25.4 Å². The molecule has 156 valence electrons. The minimum absolute atomic E-state index is 0.0625. The second kappa shape index (κ2) is 8.27.